The number of nitrogens with one attached hydrogen (secondary N) is 3. The van der Waals surface area contributed by atoms with Crippen molar-refractivity contribution in [3.63, 3.8) is 0 Å². The van der Waals surface area contributed by atoms with Crippen molar-refractivity contribution in [1.82, 2.24) is 14.8 Å². The molecule has 3 N–H and O–H groups in total. The van der Waals surface area contributed by atoms with Crippen molar-refractivity contribution in [1.29, 1.82) is 0 Å². The predicted molar refractivity (Wildman–Crippen MR) is 113 cm³/mol. The molecule has 0 spiro atoms. The van der Waals surface area contributed by atoms with Crippen LogP contribution in [0.2, 0.25) is 0 Å². The second-order valence-electron chi connectivity index (χ2n) is 7.13. The van der Waals surface area contributed by atoms with Crippen LogP contribution in [0.1, 0.15) is 18.7 Å². The van der Waals surface area contributed by atoms with Gasteiger partial charge in [0.2, 0.25) is 5.91 Å². The average Bonchev–Trinajstić information content (AvgIpc) is 3.14. The van der Waals surface area contributed by atoms with Crippen molar-refractivity contribution in [3.8, 4) is 0 Å². The largest absolute Gasteiger partial charge is 0.379 e. The van der Waals surface area contributed by atoms with Crippen molar-refractivity contribution in [2.45, 2.75) is 13.0 Å². The van der Waals surface area contributed by atoms with Crippen LogP contribution in [-0.4, -0.2) is 60.0 Å². The van der Waals surface area contributed by atoms with Crippen LogP contribution in [0.15, 0.2) is 42.6 Å². The predicted octanol–water partition coefficient (Wildman–Crippen LogP) is 1.11. The highest BCUT2D eigenvalue weighted by Gasteiger charge is 2.26. The maximum Gasteiger partial charge on any atom is 0.313 e. The monoisotopic (exact) mass is 413 g/mol. The summed E-state index contributed by atoms with van der Waals surface area (Å²) in [5.74, 6) is -1.69. The van der Waals surface area contributed by atoms with Gasteiger partial charge in [-0.2, -0.15) is 0 Å². The Balaban J connectivity index is 1.61. The topological polar surface area (TPSA) is 105 Å². The number of carbonyl (C=O) groups is 3. The summed E-state index contributed by atoms with van der Waals surface area (Å²) < 4.78 is 7.45. The summed E-state index contributed by atoms with van der Waals surface area (Å²) in [7, 11) is 1.96. The third-order valence-corrected chi connectivity index (χ3v) is 4.91. The molecular weight excluding hydrogens is 386 g/mol. The van der Waals surface area contributed by atoms with Crippen molar-refractivity contribution < 1.29 is 19.1 Å². The molecule has 3 amide bonds. The van der Waals surface area contributed by atoms with Crippen molar-refractivity contribution in [2.24, 2.45) is 7.05 Å². The molecule has 1 aliphatic rings. The Bertz CT molecular complexity index is 904. The minimum absolute atomic E-state index is 0.0613. The summed E-state index contributed by atoms with van der Waals surface area (Å²) in [6.07, 6.45) is 1.96. The second-order valence-corrected chi connectivity index (χ2v) is 7.13. The van der Waals surface area contributed by atoms with Gasteiger partial charge >= 0.3 is 11.8 Å². The van der Waals surface area contributed by atoms with E-state index in [1.165, 1.54) is 6.92 Å². The van der Waals surface area contributed by atoms with E-state index >= 15 is 0 Å². The normalized spacial score (nSPS) is 15.3. The van der Waals surface area contributed by atoms with Gasteiger partial charge in [0.1, 0.15) is 0 Å². The van der Waals surface area contributed by atoms with E-state index in [9.17, 15) is 14.4 Å². The van der Waals surface area contributed by atoms with E-state index in [0.717, 1.165) is 18.8 Å². The summed E-state index contributed by atoms with van der Waals surface area (Å²) in [6.45, 7) is 4.49. The number of amides is 3. The molecule has 2 heterocycles. The summed E-state index contributed by atoms with van der Waals surface area (Å²) in [6, 6.07) is 10.5. The summed E-state index contributed by atoms with van der Waals surface area (Å²) in [4.78, 5) is 38.2. The average molecular weight is 413 g/mol. The molecule has 1 aliphatic heterocycles. The number of hydrogen-bond donors (Lipinski definition) is 3. The number of rotatable bonds is 6. The molecule has 1 aromatic heterocycles. The van der Waals surface area contributed by atoms with Crippen LogP contribution in [0.25, 0.3) is 0 Å². The summed E-state index contributed by atoms with van der Waals surface area (Å²) in [5, 5.41) is 7.95. The fraction of sp³-hybridized carbons (Fsp3) is 0.381. The number of ether oxygens (including phenoxy) is 1. The van der Waals surface area contributed by atoms with E-state index in [1.807, 2.05) is 29.9 Å². The van der Waals surface area contributed by atoms with Crippen LogP contribution in [0.3, 0.4) is 0 Å². The van der Waals surface area contributed by atoms with Gasteiger partial charge in [-0.05, 0) is 30.3 Å². The lowest BCUT2D eigenvalue weighted by atomic mass is 10.1. The van der Waals surface area contributed by atoms with Gasteiger partial charge in [-0.15, -0.1) is 0 Å². The first-order valence-electron chi connectivity index (χ1n) is 9.84. The van der Waals surface area contributed by atoms with Gasteiger partial charge in [-0.1, -0.05) is 6.07 Å². The maximum atomic E-state index is 12.4. The Kier molecular flexibility index (Phi) is 7.21. The van der Waals surface area contributed by atoms with E-state index in [4.69, 9.17) is 4.74 Å². The zero-order chi connectivity index (χ0) is 21.5. The van der Waals surface area contributed by atoms with Crippen LogP contribution in [0.5, 0.6) is 0 Å². The number of anilines is 2. The Labute approximate surface area is 175 Å². The van der Waals surface area contributed by atoms with Gasteiger partial charge < -0.3 is 25.3 Å². The zero-order valence-corrected chi connectivity index (χ0v) is 17.2. The molecule has 0 bridgehead atoms. The molecular formula is C21H27N5O4. The standard InChI is InChI=1S/C21H27N5O4/c1-15(27)23-16-5-3-6-17(13-16)24-21(29)20(28)22-14-19(18-7-4-8-25(18)2)26-9-11-30-12-10-26/h3-8,13,19H,9-12,14H2,1-2H3,(H,22,28)(H,23,27)(H,24,29). The third kappa shape index (κ3) is 5.68. The minimum Gasteiger partial charge on any atom is -0.379 e. The minimum atomic E-state index is -0.761. The van der Waals surface area contributed by atoms with Gasteiger partial charge in [0.15, 0.2) is 0 Å². The van der Waals surface area contributed by atoms with Crippen LogP contribution in [0.4, 0.5) is 11.4 Å². The van der Waals surface area contributed by atoms with Crippen LogP contribution < -0.4 is 16.0 Å². The first kappa shape index (κ1) is 21.5. The van der Waals surface area contributed by atoms with E-state index in [2.05, 4.69) is 20.9 Å². The van der Waals surface area contributed by atoms with Crippen LogP contribution in [-0.2, 0) is 26.2 Å². The number of aryl methyl sites for hydroxylation is 1. The molecule has 1 fully saturated rings. The lowest BCUT2D eigenvalue weighted by molar-refractivity contribution is -0.136. The smallest absolute Gasteiger partial charge is 0.313 e. The Morgan fingerprint density at radius 1 is 1.03 bits per heavy atom. The molecule has 1 atom stereocenters. The molecule has 3 rings (SSSR count). The molecule has 30 heavy (non-hydrogen) atoms. The molecule has 2 aromatic rings. The van der Waals surface area contributed by atoms with Gasteiger partial charge in [-0.25, -0.2) is 0 Å². The molecule has 160 valence electrons. The van der Waals surface area contributed by atoms with Crippen LogP contribution >= 0.6 is 0 Å². The molecule has 0 radical (unpaired) electrons. The van der Waals surface area contributed by atoms with Crippen molar-refractivity contribution in [2.75, 3.05) is 43.5 Å². The highest BCUT2D eigenvalue weighted by atomic mass is 16.5. The van der Waals surface area contributed by atoms with Crippen molar-refractivity contribution >= 4 is 29.1 Å². The molecule has 0 aliphatic carbocycles. The zero-order valence-electron chi connectivity index (χ0n) is 17.2. The first-order valence-corrected chi connectivity index (χ1v) is 9.84. The number of benzene rings is 1. The number of carbonyl (C=O) groups excluding carboxylic acids is 3. The summed E-state index contributed by atoms with van der Waals surface area (Å²) in [5.41, 5.74) is 2.02. The Hall–Kier alpha value is -3.17. The molecule has 1 aromatic carbocycles. The fourth-order valence-electron chi connectivity index (χ4n) is 3.47. The lowest BCUT2D eigenvalue weighted by Gasteiger charge is -2.34. The summed E-state index contributed by atoms with van der Waals surface area (Å²) >= 11 is 0. The quantitative estimate of drug-likeness (QED) is 0.616. The molecule has 9 heteroatoms. The first-order chi connectivity index (χ1) is 14.4. The number of hydrogen-bond acceptors (Lipinski definition) is 5. The van der Waals surface area contributed by atoms with E-state index < -0.39 is 11.8 Å². The van der Waals surface area contributed by atoms with Gasteiger partial charge in [0, 0.05) is 56.9 Å². The lowest BCUT2D eigenvalue weighted by Crippen LogP contribution is -2.46. The molecule has 9 nitrogen and oxygen atoms in total. The number of aromatic nitrogens is 1. The Morgan fingerprint density at radius 2 is 1.73 bits per heavy atom. The van der Waals surface area contributed by atoms with E-state index in [1.54, 1.807) is 24.3 Å². The van der Waals surface area contributed by atoms with E-state index in [0.29, 0.717) is 31.1 Å². The molecule has 0 saturated carbocycles. The maximum absolute atomic E-state index is 12.4. The van der Waals surface area contributed by atoms with E-state index in [-0.39, 0.29) is 11.9 Å². The van der Waals surface area contributed by atoms with Crippen LogP contribution in [0, 0.1) is 0 Å². The Morgan fingerprint density at radius 3 is 2.37 bits per heavy atom. The van der Waals surface area contributed by atoms with Gasteiger partial charge in [0.25, 0.3) is 0 Å². The second kappa shape index (κ2) is 10.0. The number of nitrogens with zero attached hydrogens (tertiary/aromatic N) is 2. The van der Waals surface area contributed by atoms with Gasteiger partial charge in [0.05, 0.1) is 19.3 Å². The van der Waals surface area contributed by atoms with Gasteiger partial charge in [-0.3, -0.25) is 19.3 Å². The SMILES string of the molecule is CC(=O)Nc1cccc(NC(=O)C(=O)NCC(c2cccn2C)N2CCOCC2)c1. The highest BCUT2D eigenvalue weighted by molar-refractivity contribution is 6.39. The molecule has 1 unspecified atom stereocenters. The molecule has 1 saturated heterocycles. The fourth-order valence-corrected chi connectivity index (χ4v) is 3.47. The number of morpholine rings is 1. The highest BCUT2D eigenvalue weighted by Crippen LogP contribution is 2.21. The third-order valence-electron chi connectivity index (χ3n) is 4.91. The van der Waals surface area contributed by atoms with Crippen molar-refractivity contribution in [3.05, 3.63) is 48.3 Å².